The number of carbonyl (C=O) groups is 2. The minimum atomic E-state index is -3.85. The van der Waals surface area contributed by atoms with Gasteiger partial charge in [-0.2, -0.15) is 0 Å². The summed E-state index contributed by atoms with van der Waals surface area (Å²) in [4.78, 5) is 24.3. The van der Waals surface area contributed by atoms with Gasteiger partial charge >= 0.3 is 5.97 Å². The van der Waals surface area contributed by atoms with Gasteiger partial charge in [0.2, 0.25) is 5.91 Å². The predicted octanol–water partition coefficient (Wildman–Crippen LogP) is 0.583. The molecule has 110 valence electrons. The van der Waals surface area contributed by atoms with Crippen LogP contribution in [0, 0.1) is 0 Å². The Hall–Kier alpha value is -1.93. The molecule has 1 aromatic rings. The van der Waals surface area contributed by atoms with Crippen molar-refractivity contribution in [1.82, 2.24) is 10.3 Å². The SMILES string of the molecule is CCOC(=O)c1ccc(S(=O)(=O)NNC(=O)CC)cc1. The van der Waals surface area contributed by atoms with E-state index in [0.29, 0.717) is 0 Å². The maximum Gasteiger partial charge on any atom is 0.338 e. The molecule has 1 aromatic carbocycles. The molecular formula is C12H16N2O5S. The Bertz CT molecular complexity index is 580. The van der Waals surface area contributed by atoms with Crippen molar-refractivity contribution in [1.29, 1.82) is 0 Å². The molecule has 1 rings (SSSR count). The minimum absolute atomic E-state index is 0.0676. The summed E-state index contributed by atoms with van der Waals surface area (Å²) in [6.07, 6.45) is 0.157. The summed E-state index contributed by atoms with van der Waals surface area (Å²) in [5, 5.41) is 0. The highest BCUT2D eigenvalue weighted by molar-refractivity contribution is 7.89. The van der Waals surface area contributed by atoms with Gasteiger partial charge in [0.05, 0.1) is 17.1 Å². The van der Waals surface area contributed by atoms with Crippen LogP contribution in [0.5, 0.6) is 0 Å². The second-order valence-electron chi connectivity index (χ2n) is 3.75. The number of hydrogen-bond acceptors (Lipinski definition) is 5. The Labute approximate surface area is 117 Å². The molecular weight excluding hydrogens is 284 g/mol. The van der Waals surface area contributed by atoms with E-state index < -0.39 is 21.9 Å². The summed E-state index contributed by atoms with van der Waals surface area (Å²) >= 11 is 0. The smallest absolute Gasteiger partial charge is 0.338 e. The molecule has 0 aliphatic carbocycles. The predicted molar refractivity (Wildman–Crippen MR) is 71.2 cm³/mol. The standard InChI is InChI=1S/C12H16N2O5S/c1-3-11(15)13-14-20(17,18)10-7-5-9(6-8-10)12(16)19-4-2/h5-8,14H,3-4H2,1-2H3,(H,13,15). The van der Waals surface area contributed by atoms with Crippen molar-refractivity contribution in [2.24, 2.45) is 0 Å². The van der Waals surface area contributed by atoms with Crippen LogP contribution in [0.3, 0.4) is 0 Å². The number of sulfonamides is 1. The Morgan fingerprint density at radius 2 is 1.75 bits per heavy atom. The Kier molecular flexibility index (Phi) is 5.66. The van der Waals surface area contributed by atoms with Crippen LogP contribution in [0.15, 0.2) is 29.2 Å². The van der Waals surface area contributed by atoms with Crippen molar-refractivity contribution in [3.63, 3.8) is 0 Å². The number of amides is 1. The van der Waals surface area contributed by atoms with Gasteiger partial charge in [-0.3, -0.25) is 10.2 Å². The summed E-state index contributed by atoms with van der Waals surface area (Å²) in [6.45, 7) is 3.51. The molecule has 0 radical (unpaired) electrons. The molecule has 0 aromatic heterocycles. The number of hydrazine groups is 1. The van der Waals surface area contributed by atoms with Gasteiger partial charge in [0.15, 0.2) is 0 Å². The van der Waals surface area contributed by atoms with Crippen LogP contribution in [0.1, 0.15) is 30.6 Å². The van der Waals surface area contributed by atoms with E-state index in [1.165, 1.54) is 24.3 Å². The summed E-state index contributed by atoms with van der Waals surface area (Å²) < 4.78 is 28.4. The zero-order valence-electron chi connectivity index (χ0n) is 11.2. The Morgan fingerprint density at radius 3 is 2.25 bits per heavy atom. The fourth-order valence-corrected chi connectivity index (χ4v) is 2.12. The lowest BCUT2D eigenvalue weighted by molar-refractivity contribution is -0.121. The van der Waals surface area contributed by atoms with E-state index in [9.17, 15) is 18.0 Å². The van der Waals surface area contributed by atoms with Crippen LogP contribution in [0.25, 0.3) is 0 Å². The lowest BCUT2D eigenvalue weighted by Crippen LogP contribution is -2.41. The molecule has 7 nitrogen and oxygen atoms in total. The molecule has 20 heavy (non-hydrogen) atoms. The van der Waals surface area contributed by atoms with Crippen LogP contribution in [-0.4, -0.2) is 26.9 Å². The summed E-state index contributed by atoms with van der Waals surface area (Å²) in [6, 6.07) is 5.20. The third kappa shape index (κ3) is 4.32. The van der Waals surface area contributed by atoms with Crippen molar-refractivity contribution in [2.75, 3.05) is 6.61 Å². The number of hydrogen-bond donors (Lipinski definition) is 2. The van der Waals surface area contributed by atoms with E-state index >= 15 is 0 Å². The van der Waals surface area contributed by atoms with Gasteiger partial charge in [0.1, 0.15) is 0 Å². The number of rotatable bonds is 6. The van der Waals surface area contributed by atoms with E-state index in [0.717, 1.165) is 0 Å². The van der Waals surface area contributed by atoms with Crippen LogP contribution < -0.4 is 10.3 Å². The van der Waals surface area contributed by atoms with E-state index in [4.69, 9.17) is 4.74 Å². The third-order valence-electron chi connectivity index (χ3n) is 2.32. The second kappa shape index (κ2) is 7.01. The highest BCUT2D eigenvalue weighted by Crippen LogP contribution is 2.10. The average Bonchev–Trinajstić information content (AvgIpc) is 2.45. The van der Waals surface area contributed by atoms with Gasteiger partial charge in [0.25, 0.3) is 10.0 Å². The highest BCUT2D eigenvalue weighted by atomic mass is 32.2. The molecule has 0 atom stereocenters. The lowest BCUT2D eigenvalue weighted by atomic mass is 10.2. The van der Waals surface area contributed by atoms with Gasteiger partial charge in [-0.05, 0) is 31.2 Å². The van der Waals surface area contributed by atoms with E-state index in [1.807, 2.05) is 4.83 Å². The number of esters is 1. The molecule has 0 spiro atoms. The van der Waals surface area contributed by atoms with E-state index in [2.05, 4.69) is 5.43 Å². The summed E-state index contributed by atoms with van der Waals surface area (Å²) in [7, 11) is -3.85. The first-order valence-electron chi connectivity index (χ1n) is 5.98. The van der Waals surface area contributed by atoms with E-state index in [-0.39, 0.29) is 23.5 Å². The monoisotopic (exact) mass is 300 g/mol. The van der Waals surface area contributed by atoms with Gasteiger partial charge in [-0.25, -0.2) is 13.2 Å². The average molecular weight is 300 g/mol. The van der Waals surface area contributed by atoms with Crippen molar-refractivity contribution in [3.05, 3.63) is 29.8 Å². The van der Waals surface area contributed by atoms with Gasteiger partial charge in [0, 0.05) is 6.42 Å². The molecule has 0 aliphatic rings. The molecule has 2 N–H and O–H groups in total. The maximum absolute atomic E-state index is 11.8. The first-order valence-corrected chi connectivity index (χ1v) is 7.46. The molecule has 0 unspecified atom stereocenters. The largest absolute Gasteiger partial charge is 0.462 e. The Morgan fingerprint density at radius 1 is 1.15 bits per heavy atom. The zero-order chi connectivity index (χ0) is 15.2. The number of carbonyl (C=O) groups excluding carboxylic acids is 2. The molecule has 0 aliphatic heterocycles. The first kappa shape index (κ1) is 16.1. The van der Waals surface area contributed by atoms with Crippen LogP contribution in [-0.2, 0) is 19.6 Å². The van der Waals surface area contributed by atoms with Crippen LogP contribution in [0.2, 0.25) is 0 Å². The van der Waals surface area contributed by atoms with Gasteiger partial charge in [-0.1, -0.05) is 6.92 Å². The molecule has 8 heteroatoms. The normalized spacial score (nSPS) is 10.9. The van der Waals surface area contributed by atoms with Gasteiger partial charge in [-0.15, -0.1) is 4.83 Å². The van der Waals surface area contributed by atoms with Crippen molar-refractivity contribution in [3.8, 4) is 0 Å². The topological polar surface area (TPSA) is 102 Å². The molecule has 0 heterocycles. The number of benzene rings is 1. The van der Waals surface area contributed by atoms with Crippen LogP contribution in [0.4, 0.5) is 0 Å². The summed E-state index contributed by atoms with van der Waals surface area (Å²) in [5.41, 5.74) is 2.31. The minimum Gasteiger partial charge on any atom is -0.462 e. The number of ether oxygens (including phenoxy) is 1. The quantitative estimate of drug-likeness (QED) is 0.591. The summed E-state index contributed by atoms with van der Waals surface area (Å²) in [5.74, 6) is -0.972. The van der Waals surface area contributed by atoms with Crippen molar-refractivity contribution < 1.29 is 22.7 Å². The van der Waals surface area contributed by atoms with Gasteiger partial charge < -0.3 is 4.74 Å². The highest BCUT2D eigenvalue weighted by Gasteiger charge is 2.15. The van der Waals surface area contributed by atoms with Crippen molar-refractivity contribution in [2.45, 2.75) is 25.2 Å². The lowest BCUT2D eigenvalue weighted by Gasteiger charge is -2.08. The molecule has 0 fully saturated rings. The molecule has 0 saturated carbocycles. The fraction of sp³-hybridized carbons (Fsp3) is 0.333. The third-order valence-corrected chi connectivity index (χ3v) is 3.59. The number of nitrogens with one attached hydrogen (secondary N) is 2. The van der Waals surface area contributed by atoms with Crippen LogP contribution >= 0.6 is 0 Å². The van der Waals surface area contributed by atoms with Crippen molar-refractivity contribution >= 4 is 21.9 Å². The second-order valence-corrected chi connectivity index (χ2v) is 5.43. The molecule has 1 amide bonds. The van der Waals surface area contributed by atoms with E-state index in [1.54, 1.807) is 13.8 Å². The molecule has 0 saturated heterocycles. The zero-order valence-corrected chi connectivity index (χ0v) is 12.0. The molecule has 0 bridgehead atoms. The maximum atomic E-state index is 11.8. The first-order chi connectivity index (χ1) is 9.40. The Balaban J connectivity index is 2.81. The fourth-order valence-electron chi connectivity index (χ4n) is 1.26.